The van der Waals surface area contributed by atoms with Crippen LogP contribution < -0.4 is 4.90 Å². The minimum Gasteiger partial charge on any atom is -0.463 e. The lowest BCUT2D eigenvalue weighted by Crippen LogP contribution is -2.23. The van der Waals surface area contributed by atoms with Gasteiger partial charge in [0.05, 0.1) is 18.8 Å². The molecular formula is C19H17NO3. The van der Waals surface area contributed by atoms with Gasteiger partial charge in [-0.05, 0) is 36.3 Å². The monoisotopic (exact) mass is 307 g/mol. The maximum atomic E-state index is 12.6. The van der Waals surface area contributed by atoms with Crippen LogP contribution in [-0.2, 0) is 16.1 Å². The number of hydrogen-bond acceptors (Lipinski definition) is 3. The lowest BCUT2D eigenvalue weighted by Gasteiger charge is -2.18. The van der Waals surface area contributed by atoms with Crippen molar-refractivity contribution in [2.75, 3.05) is 11.5 Å². The first-order valence-corrected chi connectivity index (χ1v) is 7.54. The number of amides is 1. The van der Waals surface area contributed by atoms with Gasteiger partial charge in [-0.2, -0.15) is 0 Å². The number of para-hydroxylation sites is 1. The Bertz CT molecular complexity index is 780. The van der Waals surface area contributed by atoms with E-state index in [1.165, 1.54) is 6.08 Å². The summed E-state index contributed by atoms with van der Waals surface area (Å²) in [6.45, 7) is 2.64. The molecule has 0 bridgehead atoms. The van der Waals surface area contributed by atoms with Crippen LogP contribution in [0.4, 0.5) is 5.69 Å². The van der Waals surface area contributed by atoms with E-state index >= 15 is 0 Å². The zero-order chi connectivity index (χ0) is 16.2. The summed E-state index contributed by atoms with van der Waals surface area (Å²) < 4.78 is 4.89. The van der Waals surface area contributed by atoms with Crippen LogP contribution in [0.2, 0.25) is 0 Å². The molecule has 0 radical (unpaired) electrons. The number of anilines is 1. The summed E-state index contributed by atoms with van der Waals surface area (Å²) in [4.78, 5) is 25.8. The summed E-state index contributed by atoms with van der Waals surface area (Å²) in [5.74, 6) is -0.407. The number of carbonyl (C=O) groups excluding carboxylic acids is 2. The first kappa shape index (κ1) is 15.0. The third-order valence-electron chi connectivity index (χ3n) is 3.73. The topological polar surface area (TPSA) is 46.6 Å². The molecule has 0 unspecified atom stereocenters. The van der Waals surface area contributed by atoms with E-state index in [9.17, 15) is 9.59 Å². The average molecular weight is 307 g/mol. The Labute approximate surface area is 135 Å². The van der Waals surface area contributed by atoms with E-state index in [4.69, 9.17) is 4.74 Å². The van der Waals surface area contributed by atoms with E-state index < -0.39 is 5.97 Å². The van der Waals surface area contributed by atoms with Crippen LogP contribution in [0.3, 0.4) is 0 Å². The average Bonchev–Trinajstić information content (AvgIpc) is 2.91. The van der Waals surface area contributed by atoms with Crippen molar-refractivity contribution in [1.29, 1.82) is 0 Å². The van der Waals surface area contributed by atoms with E-state index in [2.05, 4.69) is 0 Å². The summed E-state index contributed by atoms with van der Waals surface area (Å²) in [6.07, 6.45) is 3.07. The molecule has 23 heavy (non-hydrogen) atoms. The van der Waals surface area contributed by atoms with Gasteiger partial charge in [-0.3, -0.25) is 4.79 Å². The van der Waals surface area contributed by atoms with Crippen LogP contribution in [0.15, 0.2) is 54.6 Å². The van der Waals surface area contributed by atoms with Gasteiger partial charge in [-0.1, -0.05) is 36.4 Å². The van der Waals surface area contributed by atoms with Gasteiger partial charge in [-0.15, -0.1) is 0 Å². The summed E-state index contributed by atoms with van der Waals surface area (Å²) in [5.41, 5.74) is 3.34. The molecule has 0 aromatic heterocycles. The van der Waals surface area contributed by atoms with E-state index in [0.717, 1.165) is 22.4 Å². The zero-order valence-corrected chi connectivity index (χ0v) is 12.9. The molecule has 0 aliphatic carbocycles. The Morgan fingerprint density at radius 1 is 1.17 bits per heavy atom. The number of hydrogen-bond donors (Lipinski definition) is 0. The maximum absolute atomic E-state index is 12.6. The van der Waals surface area contributed by atoms with Crippen LogP contribution in [0.1, 0.15) is 28.4 Å². The van der Waals surface area contributed by atoms with Crippen molar-refractivity contribution in [3.63, 3.8) is 0 Å². The van der Waals surface area contributed by atoms with E-state index in [-0.39, 0.29) is 5.91 Å². The zero-order valence-electron chi connectivity index (χ0n) is 12.9. The van der Waals surface area contributed by atoms with Crippen LogP contribution in [-0.4, -0.2) is 18.5 Å². The largest absolute Gasteiger partial charge is 0.463 e. The molecule has 4 nitrogen and oxygen atoms in total. The molecule has 1 aliphatic heterocycles. The highest BCUT2D eigenvalue weighted by molar-refractivity contribution is 6.11. The molecule has 0 N–H and O–H groups in total. The standard InChI is InChI=1S/C19H17NO3/c1-2-23-18(21)12-11-14-7-4-6-10-17(14)20-13-15-8-3-5-9-16(15)19(20)22/h3-12H,2,13H2,1H3/b12-11+. The molecule has 3 rings (SSSR count). The predicted molar refractivity (Wildman–Crippen MR) is 89.1 cm³/mol. The molecule has 4 heteroatoms. The minimum atomic E-state index is -0.390. The SMILES string of the molecule is CCOC(=O)/C=C/c1ccccc1N1Cc2ccccc2C1=O. The highest BCUT2D eigenvalue weighted by Crippen LogP contribution is 2.31. The predicted octanol–water partition coefficient (Wildman–Crippen LogP) is 3.42. The third-order valence-corrected chi connectivity index (χ3v) is 3.73. The van der Waals surface area contributed by atoms with E-state index in [1.54, 1.807) is 17.9 Å². The maximum Gasteiger partial charge on any atom is 0.330 e. The second-order valence-electron chi connectivity index (χ2n) is 5.19. The van der Waals surface area contributed by atoms with Crippen molar-refractivity contribution in [2.45, 2.75) is 13.5 Å². The van der Waals surface area contributed by atoms with Crippen molar-refractivity contribution < 1.29 is 14.3 Å². The van der Waals surface area contributed by atoms with Gasteiger partial charge in [0.15, 0.2) is 0 Å². The molecule has 0 spiro atoms. The fraction of sp³-hybridized carbons (Fsp3) is 0.158. The Morgan fingerprint density at radius 2 is 1.91 bits per heavy atom. The lowest BCUT2D eigenvalue weighted by atomic mass is 10.1. The normalized spacial score (nSPS) is 13.4. The highest BCUT2D eigenvalue weighted by atomic mass is 16.5. The number of esters is 1. The summed E-state index contributed by atoms with van der Waals surface area (Å²) >= 11 is 0. The summed E-state index contributed by atoms with van der Waals surface area (Å²) in [7, 11) is 0. The van der Waals surface area contributed by atoms with Gasteiger partial charge in [0.1, 0.15) is 0 Å². The number of benzene rings is 2. The fourth-order valence-electron chi connectivity index (χ4n) is 2.67. The first-order chi connectivity index (χ1) is 11.2. The number of rotatable bonds is 4. The van der Waals surface area contributed by atoms with Crippen molar-refractivity contribution >= 4 is 23.6 Å². The van der Waals surface area contributed by atoms with Gasteiger partial charge in [0.2, 0.25) is 0 Å². The van der Waals surface area contributed by atoms with Gasteiger partial charge in [-0.25, -0.2) is 4.79 Å². The molecule has 1 amide bonds. The fourth-order valence-corrected chi connectivity index (χ4v) is 2.67. The second-order valence-corrected chi connectivity index (χ2v) is 5.19. The number of carbonyl (C=O) groups is 2. The van der Waals surface area contributed by atoms with Gasteiger partial charge < -0.3 is 9.64 Å². The van der Waals surface area contributed by atoms with Crippen LogP contribution in [0.5, 0.6) is 0 Å². The van der Waals surface area contributed by atoms with E-state index in [1.807, 2.05) is 48.5 Å². The molecule has 0 saturated heterocycles. The Balaban J connectivity index is 1.90. The Kier molecular flexibility index (Phi) is 4.24. The van der Waals surface area contributed by atoms with Gasteiger partial charge in [0, 0.05) is 11.6 Å². The molecule has 0 atom stereocenters. The molecule has 116 valence electrons. The van der Waals surface area contributed by atoms with Crippen molar-refractivity contribution in [3.05, 3.63) is 71.3 Å². The van der Waals surface area contributed by atoms with Gasteiger partial charge >= 0.3 is 5.97 Å². The quantitative estimate of drug-likeness (QED) is 0.642. The van der Waals surface area contributed by atoms with Crippen LogP contribution in [0.25, 0.3) is 6.08 Å². The smallest absolute Gasteiger partial charge is 0.330 e. The highest BCUT2D eigenvalue weighted by Gasteiger charge is 2.28. The van der Waals surface area contributed by atoms with Crippen LogP contribution >= 0.6 is 0 Å². The van der Waals surface area contributed by atoms with Gasteiger partial charge in [0.25, 0.3) is 5.91 Å². The second kappa shape index (κ2) is 6.48. The van der Waals surface area contributed by atoms with Crippen LogP contribution in [0, 0.1) is 0 Å². The molecule has 1 heterocycles. The number of nitrogens with zero attached hydrogens (tertiary/aromatic N) is 1. The Hall–Kier alpha value is -2.88. The van der Waals surface area contributed by atoms with Crippen molar-refractivity contribution in [3.8, 4) is 0 Å². The molecule has 0 fully saturated rings. The summed E-state index contributed by atoms with van der Waals surface area (Å²) in [6, 6.07) is 15.1. The molecule has 1 aliphatic rings. The minimum absolute atomic E-state index is 0.0161. The lowest BCUT2D eigenvalue weighted by molar-refractivity contribution is -0.137. The molecular weight excluding hydrogens is 290 g/mol. The first-order valence-electron chi connectivity index (χ1n) is 7.54. The molecule has 2 aromatic carbocycles. The van der Waals surface area contributed by atoms with Crippen molar-refractivity contribution in [2.24, 2.45) is 0 Å². The number of ether oxygens (including phenoxy) is 1. The van der Waals surface area contributed by atoms with E-state index in [0.29, 0.717) is 13.2 Å². The third kappa shape index (κ3) is 3.01. The molecule has 0 saturated carbocycles. The summed E-state index contributed by atoms with van der Waals surface area (Å²) in [5, 5.41) is 0. The Morgan fingerprint density at radius 3 is 2.70 bits per heavy atom. The molecule has 2 aromatic rings. The van der Waals surface area contributed by atoms with Crippen molar-refractivity contribution in [1.82, 2.24) is 0 Å². The number of fused-ring (bicyclic) bond motifs is 1.